The Morgan fingerprint density at radius 3 is 2.25 bits per heavy atom. The minimum Gasteiger partial charge on any atom is -0.0998 e. The quantitative estimate of drug-likeness (QED) is 0.391. The van der Waals surface area contributed by atoms with Crippen molar-refractivity contribution in [3.8, 4) is 0 Å². The molecular formula is C10H22ClP. The molecule has 0 aliphatic rings. The molecule has 0 spiro atoms. The summed E-state index contributed by atoms with van der Waals surface area (Å²) in [6.07, 6.45) is 9.49. The van der Waals surface area contributed by atoms with Gasteiger partial charge in [-0.2, -0.15) is 0 Å². The largest absolute Gasteiger partial charge is 0.0998 e. The number of halogens is 1. The Bertz CT molecular complexity index is 85.9. The van der Waals surface area contributed by atoms with Crippen LogP contribution < -0.4 is 0 Å². The van der Waals surface area contributed by atoms with Crippen molar-refractivity contribution < 1.29 is 0 Å². The molecule has 0 aromatic rings. The Morgan fingerprint density at radius 1 is 1.00 bits per heavy atom. The van der Waals surface area contributed by atoms with Gasteiger partial charge in [-0.3, -0.25) is 0 Å². The van der Waals surface area contributed by atoms with E-state index in [0.29, 0.717) is 7.93 Å². The Morgan fingerprint density at radius 2 is 1.75 bits per heavy atom. The zero-order valence-electron chi connectivity index (χ0n) is 8.41. The molecule has 2 unspecified atom stereocenters. The van der Waals surface area contributed by atoms with E-state index in [4.69, 9.17) is 11.2 Å². The molecule has 0 nitrogen and oxygen atoms in total. The molecule has 74 valence electrons. The SMILES string of the molecule is CCCCCCC(CCC)PCl. The summed E-state index contributed by atoms with van der Waals surface area (Å²) < 4.78 is 0. The third kappa shape index (κ3) is 7.37. The molecule has 0 amide bonds. The van der Waals surface area contributed by atoms with Crippen molar-refractivity contribution in [2.45, 2.75) is 64.5 Å². The van der Waals surface area contributed by atoms with E-state index in [1.165, 1.54) is 44.9 Å². The average Bonchev–Trinajstić information content (AvgIpc) is 2.10. The highest BCUT2D eigenvalue weighted by Gasteiger charge is 2.04. The predicted octanol–water partition coefficient (Wildman–Crippen LogP) is 4.96. The number of unbranched alkanes of at least 4 members (excludes halogenated alkanes) is 3. The topological polar surface area (TPSA) is 0 Å². The fourth-order valence-corrected chi connectivity index (χ4v) is 2.79. The zero-order valence-corrected chi connectivity index (χ0v) is 10.2. The van der Waals surface area contributed by atoms with Crippen molar-refractivity contribution in [1.29, 1.82) is 0 Å². The molecule has 2 atom stereocenters. The first kappa shape index (κ1) is 12.7. The van der Waals surface area contributed by atoms with Crippen molar-refractivity contribution in [3.05, 3.63) is 0 Å². The summed E-state index contributed by atoms with van der Waals surface area (Å²) in [6, 6.07) is 0. The van der Waals surface area contributed by atoms with Gasteiger partial charge >= 0.3 is 0 Å². The van der Waals surface area contributed by atoms with E-state index in [9.17, 15) is 0 Å². The van der Waals surface area contributed by atoms with Crippen LogP contribution in [-0.2, 0) is 0 Å². The van der Waals surface area contributed by atoms with Crippen LogP contribution in [0.3, 0.4) is 0 Å². The molecule has 0 aromatic heterocycles. The maximum Gasteiger partial charge on any atom is -0.00980 e. The maximum absolute atomic E-state index is 5.89. The molecular weight excluding hydrogens is 187 g/mol. The first-order chi connectivity index (χ1) is 5.85. The van der Waals surface area contributed by atoms with E-state index >= 15 is 0 Å². The summed E-state index contributed by atoms with van der Waals surface area (Å²) in [6.45, 7) is 4.50. The minimum absolute atomic E-state index is 0.640. The van der Waals surface area contributed by atoms with Crippen molar-refractivity contribution in [1.82, 2.24) is 0 Å². The molecule has 0 aliphatic heterocycles. The third-order valence-electron chi connectivity index (χ3n) is 2.20. The van der Waals surface area contributed by atoms with Gasteiger partial charge in [0, 0.05) is 0 Å². The van der Waals surface area contributed by atoms with Gasteiger partial charge in [0.15, 0.2) is 0 Å². The normalized spacial score (nSPS) is 14.2. The van der Waals surface area contributed by atoms with Gasteiger partial charge in [0.25, 0.3) is 0 Å². The third-order valence-corrected chi connectivity index (χ3v) is 4.01. The van der Waals surface area contributed by atoms with E-state index in [0.717, 1.165) is 5.66 Å². The van der Waals surface area contributed by atoms with Crippen LogP contribution >= 0.6 is 19.2 Å². The Hall–Kier alpha value is 0.720. The molecule has 0 aromatic carbocycles. The van der Waals surface area contributed by atoms with Crippen LogP contribution in [0.2, 0.25) is 0 Å². The van der Waals surface area contributed by atoms with E-state index < -0.39 is 0 Å². The smallest absolute Gasteiger partial charge is 0.00980 e. The first-order valence-electron chi connectivity index (χ1n) is 5.21. The lowest BCUT2D eigenvalue weighted by molar-refractivity contribution is 0.594. The van der Waals surface area contributed by atoms with Gasteiger partial charge in [-0.25, -0.2) is 0 Å². The molecule has 0 rings (SSSR count). The van der Waals surface area contributed by atoms with Gasteiger partial charge in [0.05, 0.1) is 0 Å². The minimum atomic E-state index is 0.640. The summed E-state index contributed by atoms with van der Waals surface area (Å²) in [4.78, 5) is 0. The Kier molecular flexibility index (Phi) is 10.4. The molecule has 0 bridgehead atoms. The summed E-state index contributed by atoms with van der Waals surface area (Å²) in [5.41, 5.74) is 0.813. The molecule has 0 fully saturated rings. The van der Waals surface area contributed by atoms with Crippen LogP contribution in [0.4, 0.5) is 0 Å². The molecule has 0 saturated heterocycles. The lowest BCUT2D eigenvalue weighted by Gasteiger charge is -2.11. The number of hydrogen-bond donors (Lipinski definition) is 0. The monoisotopic (exact) mass is 208 g/mol. The summed E-state index contributed by atoms with van der Waals surface area (Å²) in [5, 5.41) is 0. The molecule has 0 heterocycles. The lowest BCUT2D eigenvalue weighted by Crippen LogP contribution is -1.97. The second-order valence-electron chi connectivity index (χ2n) is 3.44. The predicted molar refractivity (Wildman–Crippen MR) is 61.6 cm³/mol. The zero-order chi connectivity index (χ0) is 9.23. The van der Waals surface area contributed by atoms with Gasteiger partial charge in [0.2, 0.25) is 0 Å². The molecule has 0 N–H and O–H groups in total. The second-order valence-corrected chi connectivity index (χ2v) is 5.13. The first-order valence-corrected chi connectivity index (χ1v) is 7.30. The van der Waals surface area contributed by atoms with Gasteiger partial charge in [0.1, 0.15) is 0 Å². The summed E-state index contributed by atoms with van der Waals surface area (Å²) in [5.74, 6) is 0. The number of rotatable bonds is 8. The van der Waals surface area contributed by atoms with Gasteiger partial charge in [-0.1, -0.05) is 57.2 Å². The van der Waals surface area contributed by atoms with Gasteiger partial charge in [-0.05, 0) is 26.4 Å². The van der Waals surface area contributed by atoms with Crippen LogP contribution in [-0.4, -0.2) is 5.66 Å². The van der Waals surface area contributed by atoms with Crippen LogP contribution in [0.15, 0.2) is 0 Å². The van der Waals surface area contributed by atoms with E-state index in [1.54, 1.807) is 0 Å². The molecule has 0 radical (unpaired) electrons. The molecule has 12 heavy (non-hydrogen) atoms. The summed E-state index contributed by atoms with van der Waals surface area (Å²) in [7, 11) is 0.640. The highest BCUT2D eigenvalue weighted by molar-refractivity contribution is 7.69. The van der Waals surface area contributed by atoms with Crippen molar-refractivity contribution in [2.75, 3.05) is 0 Å². The average molecular weight is 209 g/mol. The van der Waals surface area contributed by atoms with Crippen molar-refractivity contribution in [2.24, 2.45) is 0 Å². The summed E-state index contributed by atoms with van der Waals surface area (Å²) >= 11 is 5.89. The van der Waals surface area contributed by atoms with Crippen LogP contribution in [0, 0.1) is 0 Å². The van der Waals surface area contributed by atoms with E-state index in [2.05, 4.69) is 13.8 Å². The standard InChI is InChI=1S/C10H22ClP/c1-3-5-6-7-9-10(12-11)8-4-2/h10,12H,3-9H2,1-2H3. The molecule has 2 heteroatoms. The fourth-order valence-electron chi connectivity index (χ4n) is 1.42. The maximum atomic E-state index is 5.89. The Labute approximate surface area is 84.0 Å². The van der Waals surface area contributed by atoms with Crippen LogP contribution in [0.1, 0.15) is 58.8 Å². The van der Waals surface area contributed by atoms with Crippen molar-refractivity contribution in [3.63, 3.8) is 0 Å². The lowest BCUT2D eigenvalue weighted by atomic mass is 10.1. The Balaban J connectivity index is 3.19. The van der Waals surface area contributed by atoms with Gasteiger partial charge < -0.3 is 0 Å². The highest BCUT2D eigenvalue weighted by Crippen LogP contribution is 2.31. The molecule has 0 aliphatic carbocycles. The van der Waals surface area contributed by atoms with E-state index in [1.807, 2.05) is 0 Å². The molecule has 0 saturated carbocycles. The van der Waals surface area contributed by atoms with Crippen LogP contribution in [0.25, 0.3) is 0 Å². The number of hydrogen-bond acceptors (Lipinski definition) is 0. The van der Waals surface area contributed by atoms with E-state index in [-0.39, 0.29) is 0 Å². The highest BCUT2D eigenvalue weighted by atomic mass is 35.7. The van der Waals surface area contributed by atoms with Crippen molar-refractivity contribution >= 4 is 19.2 Å². The fraction of sp³-hybridized carbons (Fsp3) is 1.00. The van der Waals surface area contributed by atoms with Crippen LogP contribution in [0.5, 0.6) is 0 Å². The second kappa shape index (κ2) is 9.81. The van der Waals surface area contributed by atoms with Gasteiger partial charge in [-0.15, -0.1) is 0 Å².